The zero-order chi connectivity index (χ0) is 22.3. The van der Waals surface area contributed by atoms with Gasteiger partial charge in [-0.1, -0.05) is 30.3 Å². The lowest BCUT2D eigenvalue weighted by molar-refractivity contribution is 0.576. The topological polar surface area (TPSA) is 57.5 Å². The van der Waals surface area contributed by atoms with E-state index in [0.29, 0.717) is 25.6 Å². The minimum Gasteiger partial charge on any atom is -0.365 e. The summed E-state index contributed by atoms with van der Waals surface area (Å²) in [7, 11) is 0. The van der Waals surface area contributed by atoms with Gasteiger partial charge in [0.25, 0.3) is 0 Å². The Bertz CT molecular complexity index is 1020. The standard InChI is InChI=1S/C24H28F2N6.HI/c1-2-28-24(29-14-18-6-8-19(9-7-18)15-31-13-11-27-17-31)30-20-10-12-32(16-20)23-21(25)4-3-5-22(23)26;/h3-9,11,13,17,20H,2,10,12,14-16H2,1H3,(H2,28,29,30);1H. The molecule has 2 heterocycles. The van der Waals surface area contributed by atoms with E-state index in [1.165, 1.54) is 23.8 Å². The van der Waals surface area contributed by atoms with Crippen molar-refractivity contribution in [1.82, 2.24) is 20.2 Å². The predicted molar refractivity (Wildman–Crippen MR) is 138 cm³/mol. The smallest absolute Gasteiger partial charge is 0.191 e. The van der Waals surface area contributed by atoms with Gasteiger partial charge >= 0.3 is 0 Å². The molecule has 0 amide bonds. The molecule has 4 rings (SSSR count). The van der Waals surface area contributed by atoms with Gasteiger partial charge in [-0.3, -0.25) is 0 Å². The molecule has 1 aromatic heterocycles. The molecule has 1 aliphatic heterocycles. The number of benzene rings is 2. The number of imidazole rings is 1. The van der Waals surface area contributed by atoms with Crippen LogP contribution >= 0.6 is 24.0 Å². The van der Waals surface area contributed by atoms with Crippen LogP contribution in [0, 0.1) is 11.6 Å². The Hall–Kier alpha value is -2.69. The number of guanidine groups is 1. The maximum atomic E-state index is 14.1. The van der Waals surface area contributed by atoms with E-state index < -0.39 is 11.6 Å². The lowest BCUT2D eigenvalue weighted by Gasteiger charge is -2.21. The molecule has 0 aliphatic carbocycles. The third-order valence-electron chi connectivity index (χ3n) is 5.49. The summed E-state index contributed by atoms with van der Waals surface area (Å²) >= 11 is 0. The molecule has 6 nitrogen and oxygen atoms in total. The van der Waals surface area contributed by atoms with Crippen molar-refractivity contribution in [2.24, 2.45) is 4.99 Å². The maximum Gasteiger partial charge on any atom is 0.191 e. The first kappa shape index (κ1) is 24.9. The number of halogens is 3. The van der Waals surface area contributed by atoms with Crippen LogP contribution in [0.2, 0.25) is 0 Å². The predicted octanol–water partition coefficient (Wildman–Crippen LogP) is 4.16. The average molecular weight is 566 g/mol. The number of aliphatic imine (C=N–C) groups is 1. The van der Waals surface area contributed by atoms with Crippen LogP contribution in [0.3, 0.4) is 0 Å². The number of rotatable bonds is 7. The third-order valence-corrected chi connectivity index (χ3v) is 5.49. The second-order valence-electron chi connectivity index (χ2n) is 7.89. The van der Waals surface area contributed by atoms with E-state index in [-0.39, 0.29) is 35.7 Å². The van der Waals surface area contributed by atoms with Gasteiger partial charge in [-0.25, -0.2) is 18.8 Å². The monoisotopic (exact) mass is 566 g/mol. The number of para-hydroxylation sites is 1. The van der Waals surface area contributed by atoms with Crippen LogP contribution in [0.4, 0.5) is 14.5 Å². The van der Waals surface area contributed by atoms with E-state index in [4.69, 9.17) is 4.99 Å². The summed E-state index contributed by atoms with van der Waals surface area (Å²) in [4.78, 5) is 10.5. The molecule has 1 saturated heterocycles. The lowest BCUT2D eigenvalue weighted by atomic mass is 10.1. The molecule has 0 spiro atoms. The Morgan fingerprint density at radius 1 is 1.12 bits per heavy atom. The van der Waals surface area contributed by atoms with Gasteiger partial charge < -0.3 is 20.1 Å². The number of aromatic nitrogens is 2. The Labute approximate surface area is 210 Å². The van der Waals surface area contributed by atoms with Crippen molar-refractivity contribution in [2.75, 3.05) is 24.5 Å². The minimum absolute atomic E-state index is 0. The van der Waals surface area contributed by atoms with Gasteiger partial charge in [0.05, 0.1) is 12.9 Å². The van der Waals surface area contributed by atoms with Gasteiger partial charge in [-0.05, 0) is 36.6 Å². The molecule has 0 radical (unpaired) electrons. The number of hydrogen-bond donors (Lipinski definition) is 2. The van der Waals surface area contributed by atoms with Gasteiger partial charge in [0, 0.05) is 44.6 Å². The fourth-order valence-electron chi connectivity index (χ4n) is 3.90. The summed E-state index contributed by atoms with van der Waals surface area (Å²) < 4.78 is 30.3. The first-order valence-electron chi connectivity index (χ1n) is 10.9. The molecule has 0 bridgehead atoms. The van der Waals surface area contributed by atoms with E-state index in [9.17, 15) is 8.78 Å². The molecule has 33 heavy (non-hydrogen) atoms. The summed E-state index contributed by atoms with van der Waals surface area (Å²) in [6.45, 7) is 5.18. The molecule has 2 aromatic carbocycles. The van der Waals surface area contributed by atoms with E-state index in [2.05, 4.69) is 39.9 Å². The first-order chi connectivity index (χ1) is 15.6. The number of nitrogens with zero attached hydrogens (tertiary/aromatic N) is 4. The Morgan fingerprint density at radius 2 is 1.85 bits per heavy atom. The molecular weight excluding hydrogens is 537 g/mol. The summed E-state index contributed by atoms with van der Waals surface area (Å²) in [6.07, 6.45) is 6.30. The third kappa shape index (κ3) is 6.66. The van der Waals surface area contributed by atoms with Crippen LogP contribution in [0.5, 0.6) is 0 Å². The van der Waals surface area contributed by atoms with Crippen molar-refractivity contribution in [3.8, 4) is 0 Å². The second-order valence-corrected chi connectivity index (χ2v) is 7.89. The van der Waals surface area contributed by atoms with Gasteiger partial charge in [0.2, 0.25) is 0 Å². The van der Waals surface area contributed by atoms with Crippen LogP contribution in [0.25, 0.3) is 0 Å². The van der Waals surface area contributed by atoms with Crippen molar-refractivity contribution >= 4 is 35.6 Å². The molecular formula is C24H29F2IN6. The highest BCUT2D eigenvalue weighted by Crippen LogP contribution is 2.26. The van der Waals surface area contributed by atoms with Gasteiger partial charge in [0.15, 0.2) is 5.96 Å². The van der Waals surface area contributed by atoms with Gasteiger partial charge in [-0.15, -0.1) is 24.0 Å². The normalized spacial score (nSPS) is 15.9. The molecule has 3 aromatic rings. The highest BCUT2D eigenvalue weighted by Gasteiger charge is 2.27. The molecule has 176 valence electrons. The van der Waals surface area contributed by atoms with Crippen LogP contribution < -0.4 is 15.5 Å². The fraction of sp³-hybridized carbons (Fsp3) is 0.333. The van der Waals surface area contributed by atoms with E-state index in [1.807, 2.05) is 17.7 Å². The minimum atomic E-state index is -0.525. The van der Waals surface area contributed by atoms with Crippen LogP contribution in [-0.4, -0.2) is 41.2 Å². The Morgan fingerprint density at radius 3 is 2.52 bits per heavy atom. The lowest BCUT2D eigenvalue weighted by Crippen LogP contribution is -2.44. The molecule has 0 saturated carbocycles. The highest BCUT2D eigenvalue weighted by molar-refractivity contribution is 14.0. The summed E-state index contributed by atoms with van der Waals surface area (Å²) in [5.74, 6) is -0.346. The molecule has 1 unspecified atom stereocenters. The summed E-state index contributed by atoms with van der Waals surface area (Å²) in [5, 5.41) is 6.67. The maximum absolute atomic E-state index is 14.1. The molecule has 1 atom stereocenters. The van der Waals surface area contributed by atoms with Crippen molar-refractivity contribution in [3.63, 3.8) is 0 Å². The van der Waals surface area contributed by atoms with Crippen molar-refractivity contribution in [3.05, 3.63) is 83.9 Å². The van der Waals surface area contributed by atoms with E-state index in [1.54, 1.807) is 17.4 Å². The SMILES string of the molecule is CCNC(=NCc1ccc(Cn2ccnc2)cc1)NC1CCN(c2c(F)cccc2F)C1.I. The molecule has 1 fully saturated rings. The Kier molecular flexibility index (Phi) is 9.04. The Balaban J connectivity index is 0.00000306. The number of nitrogens with one attached hydrogen (secondary N) is 2. The van der Waals surface area contributed by atoms with Crippen LogP contribution in [0.15, 0.2) is 66.2 Å². The van der Waals surface area contributed by atoms with Crippen molar-refractivity contribution in [1.29, 1.82) is 0 Å². The zero-order valence-corrected chi connectivity index (χ0v) is 20.9. The summed E-state index contributed by atoms with van der Waals surface area (Å²) in [6, 6.07) is 12.4. The van der Waals surface area contributed by atoms with E-state index in [0.717, 1.165) is 25.1 Å². The largest absolute Gasteiger partial charge is 0.365 e. The first-order valence-corrected chi connectivity index (χ1v) is 10.9. The van der Waals surface area contributed by atoms with Gasteiger partial charge in [0.1, 0.15) is 17.3 Å². The van der Waals surface area contributed by atoms with E-state index >= 15 is 0 Å². The molecule has 9 heteroatoms. The quantitative estimate of drug-likeness (QED) is 0.256. The number of anilines is 1. The zero-order valence-electron chi connectivity index (χ0n) is 18.5. The molecule has 1 aliphatic rings. The van der Waals surface area contributed by atoms with Crippen LogP contribution in [0.1, 0.15) is 24.5 Å². The van der Waals surface area contributed by atoms with Crippen molar-refractivity contribution in [2.45, 2.75) is 32.5 Å². The second kappa shape index (κ2) is 12.0. The summed E-state index contributed by atoms with van der Waals surface area (Å²) in [5.41, 5.74) is 2.36. The fourth-order valence-corrected chi connectivity index (χ4v) is 3.90. The average Bonchev–Trinajstić information content (AvgIpc) is 3.46. The van der Waals surface area contributed by atoms with Gasteiger partial charge in [-0.2, -0.15) is 0 Å². The number of hydrogen-bond acceptors (Lipinski definition) is 3. The highest BCUT2D eigenvalue weighted by atomic mass is 127. The molecule has 2 N–H and O–H groups in total. The van der Waals surface area contributed by atoms with Crippen LogP contribution in [-0.2, 0) is 13.1 Å². The van der Waals surface area contributed by atoms with Crippen molar-refractivity contribution < 1.29 is 8.78 Å².